The van der Waals surface area contributed by atoms with E-state index >= 15 is 0 Å². The van der Waals surface area contributed by atoms with Crippen molar-refractivity contribution >= 4 is 27.7 Å². The number of carbonyl (C=O) groups excluding carboxylic acids is 1. The van der Waals surface area contributed by atoms with E-state index in [1.54, 1.807) is 6.07 Å². The third kappa shape index (κ3) is 2.65. The molecule has 86 valence electrons. The molecule has 2 rings (SSSR count). The standard InChI is InChI=1S/C11H7BrFN3O/c12-7-2-1-3-8(13)10(7)11(17)16-9-6-14-4-5-15-9/h1-6H,(H,15,16,17). The molecule has 4 nitrogen and oxygen atoms in total. The summed E-state index contributed by atoms with van der Waals surface area (Å²) in [6.45, 7) is 0. The fourth-order valence-corrected chi connectivity index (χ4v) is 1.78. The molecule has 1 aromatic carbocycles. The number of anilines is 1. The van der Waals surface area contributed by atoms with Gasteiger partial charge in [0, 0.05) is 16.9 Å². The summed E-state index contributed by atoms with van der Waals surface area (Å²) in [5.74, 6) is -0.899. The number of aromatic nitrogens is 2. The molecule has 0 aliphatic carbocycles. The third-order valence-electron chi connectivity index (χ3n) is 1.99. The van der Waals surface area contributed by atoms with Gasteiger partial charge in [0.15, 0.2) is 5.82 Å². The minimum atomic E-state index is -0.597. The predicted molar refractivity (Wildman–Crippen MR) is 64.1 cm³/mol. The topological polar surface area (TPSA) is 54.9 Å². The van der Waals surface area contributed by atoms with Crippen LogP contribution in [0.2, 0.25) is 0 Å². The molecule has 0 saturated heterocycles. The van der Waals surface area contributed by atoms with Crippen LogP contribution in [0.5, 0.6) is 0 Å². The van der Waals surface area contributed by atoms with Crippen LogP contribution in [-0.2, 0) is 0 Å². The van der Waals surface area contributed by atoms with Crippen LogP contribution >= 0.6 is 15.9 Å². The van der Waals surface area contributed by atoms with Gasteiger partial charge in [-0.1, -0.05) is 6.07 Å². The zero-order valence-electron chi connectivity index (χ0n) is 8.52. The molecule has 0 bridgehead atoms. The molecule has 0 saturated carbocycles. The summed E-state index contributed by atoms with van der Waals surface area (Å²) in [6.07, 6.45) is 4.30. The molecular weight excluding hydrogens is 289 g/mol. The minimum absolute atomic E-state index is 0.0573. The van der Waals surface area contributed by atoms with E-state index in [9.17, 15) is 9.18 Å². The van der Waals surface area contributed by atoms with Gasteiger partial charge >= 0.3 is 0 Å². The predicted octanol–water partition coefficient (Wildman–Crippen LogP) is 2.63. The molecule has 17 heavy (non-hydrogen) atoms. The molecule has 1 N–H and O–H groups in total. The first-order valence-corrected chi connectivity index (χ1v) is 5.49. The normalized spacial score (nSPS) is 10.0. The Morgan fingerprint density at radius 3 is 2.82 bits per heavy atom. The average Bonchev–Trinajstić information content (AvgIpc) is 2.30. The van der Waals surface area contributed by atoms with Gasteiger partial charge in [0.2, 0.25) is 0 Å². The van der Waals surface area contributed by atoms with E-state index in [1.807, 2.05) is 0 Å². The molecule has 2 aromatic rings. The lowest BCUT2D eigenvalue weighted by Gasteiger charge is -2.06. The molecule has 1 amide bonds. The van der Waals surface area contributed by atoms with E-state index in [2.05, 4.69) is 31.2 Å². The van der Waals surface area contributed by atoms with Gasteiger partial charge in [-0.15, -0.1) is 0 Å². The Kier molecular flexibility index (Phi) is 3.43. The van der Waals surface area contributed by atoms with Crippen LogP contribution < -0.4 is 5.32 Å². The van der Waals surface area contributed by atoms with E-state index in [0.717, 1.165) is 0 Å². The summed E-state index contributed by atoms with van der Waals surface area (Å²) < 4.78 is 13.9. The van der Waals surface area contributed by atoms with Gasteiger partial charge in [-0.3, -0.25) is 9.78 Å². The highest BCUT2D eigenvalue weighted by Crippen LogP contribution is 2.20. The quantitative estimate of drug-likeness (QED) is 0.927. The van der Waals surface area contributed by atoms with Crippen LogP contribution in [0.1, 0.15) is 10.4 Å². The van der Waals surface area contributed by atoms with Crippen LogP contribution in [0.15, 0.2) is 41.3 Å². The Balaban J connectivity index is 2.27. The van der Waals surface area contributed by atoms with E-state index < -0.39 is 11.7 Å². The Morgan fingerprint density at radius 2 is 2.18 bits per heavy atom. The molecule has 1 heterocycles. The van der Waals surface area contributed by atoms with Gasteiger partial charge in [-0.25, -0.2) is 9.37 Å². The summed E-state index contributed by atoms with van der Waals surface area (Å²) in [5.41, 5.74) is -0.0573. The van der Waals surface area contributed by atoms with E-state index in [4.69, 9.17) is 0 Å². The Morgan fingerprint density at radius 1 is 1.35 bits per heavy atom. The molecule has 0 aliphatic rings. The monoisotopic (exact) mass is 295 g/mol. The second-order valence-corrected chi connectivity index (χ2v) is 4.00. The lowest BCUT2D eigenvalue weighted by Crippen LogP contribution is -2.15. The van der Waals surface area contributed by atoms with Crippen molar-refractivity contribution in [2.75, 3.05) is 5.32 Å². The average molecular weight is 296 g/mol. The molecule has 0 fully saturated rings. The van der Waals surface area contributed by atoms with Crippen molar-refractivity contribution in [1.82, 2.24) is 9.97 Å². The maximum Gasteiger partial charge on any atom is 0.260 e. The fourth-order valence-electron chi connectivity index (χ4n) is 1.26. The fraction of sp³-hybridized carbons (Fsp3) is 0. The molecule has 1 aromatic heterocycles. The summed E-state index contributed by atoms with van der Waals surface area (Å²) in [7, 11) is 0. The maximum atomic E-state index is 13.5. The number of benzene rings is 1. The second-order valence-electron chi connectivity index (χ2n) is 3.14. The first-order chi connectivity index (χ1) is 8.18. The van der Waals surface area contributed by atoms with Gasteiger partial charge in [0.05, 0.1) is 11.8 Å². The lowest BCUT2D eigenvalue weighted by atomic mass is 10.2. The summed E-state index contributed by atoms with van der Waals surface area (Å²) in [5, 5.41) is 2.46. The summed E-state index contributed by atoms with van der Waals surface area (Å²) >= 11 is 3.12. The number of rotatable bonds is 2. The Labute approximate surface area is 105 Å². The van der Waals surface area contributed by atoms with Crippen molar-refractivity contribution in [2.24, 2.45) is 0 Å². The highest BCUT2D eigenvalue weighted by molar-refractivity contribution is 9.10. The van der Waals surface area contributed by atoms with Crippen molar-refractivity contribution in [2.45, 2.75) is 0 Å². The summed E-state index contributed by atoms with van der Waals surface area (Å²) in [6, 6.07) is 4.32. The largest absolute Gasteiger partial charge is 0.305 e. The highest BCUT2D eigenvalue weighted by Gasteiger charge is 2.15. The van der Waals surface area contributed by atoms with Crippen LogP contribution in [0.3, 0.4) is 0 Å². The molecule has 0 atom stereocenters. The van der Waals surface area contributed by atoms with E-state index in [1.165, 1.54) is 30.7 Å². The van der Waals surface area contributed by atoms with Crippen LogP contribution in [0.4, 0.5) is 10.2 Å². The Hall–Kier alpha value is -1.82. The minimum Gasteiger partial charge on any atom is -0.305 e. The second kappa shape index (κ2) is 5.01. The first-order valence-electron chi connectivity index (χ1n) is 4.70. The van der Waals surface area contributed by atoms with Crippen molar-refractivity contribution in [1.29, 1.82) is 0 Å². The number of carbonyl (C=O) groups is 1. The maximum absolute atomic E-state index is 13.5. The summed E-state index contributed by atoms with van der Waals surface area (Å²) in [4.78, 5) is 19.5. The number of hydrogen-bond acceptors (Lipinski definition) is 3. The van der Waals surface area contributed by atoms with Gasteiger partial charge < -0.3 is 5.32 Å². The SMILES string of the molecule is O=C(Nc1cnccn1)c1c(F)cccc1Br. The van der Waals surface area contributed by atoms with Gasteiger partial charge in [0.25, 0.3) is 5.91 Å². The number of nitrogens with one attached hydrogen (secondary N) is 1. The molecule has 6 heteroatoms. The van der Waals surface area contributed by atoms with Crippen LogP contribution in [0.25, 0.3) is 0 Å². The molecule has 0 radical (unpaired) electrons. The van der Waals surface area contributed by atoms with Crippen molar-refractivity contribution in [3.63, 3.8) is 0 Å². The van der Waals surface area contributed by atoms with Gasteiger partial charge in [-0.05, 0) is 28.1 Å². The molecule has 0 spiro atoms. The van der Waals surface area contributed by atoms with Crippen LogP contribution in [-0.4, -0.2) is 15.9 Å². The highest BCUT2D eigenvalue weighted by atomic mass is 79.9. The smallest absolute Gasteiger partial charge is 0.260 e. The molecule has 0 unspecified atom stereocenters. The van der Waals surface area contributed by atoms with E-state index in [0.29, 0.717) is 4.47 Å². The first kappa shape index (κ1) is 11.7. The van der Waals surface area contributed by atoms with Crippen LogP contribution in [0, 0.1) is 5.82 Å². The molecular formula is C11H7BrFN3O. The van der Waals surface area contributed by atoms with Gasteiger partial charge in [-0.2, -0.15) is 0 Å². The van der Waals surface area contributed by atoms with Gasteiger partial charge in [0.1, 0.15) is 5.82 Å². The lowest BCUT2D eigenvalue weighted by molar-refractivity contribution is 0.102. The number of nitrogens with zero attached hydrogens (tertiary/aromatic N) is 2. The number of halogens is 2. The van der Waals surface area contributed by atoms with Crippen molar-refractivity contribution in [3.8, 4) is 0 Å². The zero-order chi connectivity index (χ0) is 12.3. The van der Waals surface area contributed by atoms with Crippen molar-refractivity contribution in [3.05, 3.63) is 52.6 Å². The zero-order valence-corrected chi connectivity index (χ0v) is 10.1. The van der Waals surface area contributed by atoms with E-state index in [-0.39, 0.29) is 11.4 Å². The molecule has 0 aliphatic heterocycles. The number of amides is 1. The Bertz CT molecular complexity index is 527. The van der Waals surface area contributed by atoms with Crippen molar-refractivity contribution < 1.29 is 9.18 Å². The third-order valence-corrected chi connectivity index (χ3v) is 2.66. The number of hydrogen-bond donors (Lipinski definition) is 1.